The standard InChI is InChI=1S/C17H26N2O3S/c1-14-6-3-4-12-19(14)13-5-11-18-17(20)15-7-9-16(10-8-15)23(2,21)22/h7-10,14H,3-6,11-13H2,1-2H3,(H,18,20)/p+1/t14-/m1/s1. The van der Waals surface area contributed by atoms with Gasteiger partial charge in [0.15, 0.2) is 9.84 Å². The molecule has 0 radical (unpaired) electrons. The molecule has 1 heterocycles. The first kappa shape index (κ1) is 17.9. The van der Waals surface area contributed by atoms with Crippen molar-refractivity contribution >= 4 is 15.7 Å². The van der Waals surface area contributed by atoms with E-state index in [0.717, 1.165) is 25.3 Å². The molecule has 6 heteroatoms. The summed E-state index contributed by atoms with van der Waals surface area (Å²) in [6.45, 7) is 5.29. The quantitative estimate of drug-likeness (QED) is 0.749. The summed E-state index contributed by atoms with van der Waals surface area (Å²) in [5, 5.41) is 2.91. The van der Waals surface area contributed by atoms with Crippen molar-refractivity contribution in [3.05, 3.63) is 29.8 Å². The number of benzene rings is 1. The van der Waals surface area contributed by atoms with E-state index in [1.165, 1.54) is 37.9 Å². The number of piperidine rings is 1. The van der Waals surface area contributed by atoms with Gasteiger partial charge in [0, 0.05) is 24.8 Å². The summed E-state index contributed by atoms with van der Waals surface area (Å²) in [4.78, 5) is 13.9. The van der Waals surface area contributed by atoms with E-state index in [4.69, 9.17) is 0 Å². The lowest BCUT2D eigenvalue weighted by atomic mass is 10.0. The highest BCUT2D eigenvalue weighted by Gasteiger charge is 2.20. The smallest absolute Gasteiger partial charge is 0.251 e. The third-order valence-electron chi connectivity index (χ3n) is 4.59. The van der Waals surface area contributed by atoms with Gasteiger partial charge in [0.25, 0.3) is 5.91 Å². The molecule has 2 rings (SSSR count). The second kappa shape index (κ2) is 7.93. The average Bonchev–Trinajstić information content (AvgIpc) is 2.52. The molecule has 1 aliphatic heterocycles. The molecule has 1 unspecified atom stereocenters. The lowest BCUT2D eigenvalue weighted by molar-refractivity contribution is -0.928. The maximum absolute atomic E-state index is 12.1. The van der Waals surface area contributed by atoms with Gasteiger partial charge in [-0.3, -0.25) is 4.79 Å². The van der Waals surface area contributed by atoms with Crippen molar-refractivity contribution in [2.24, 2.45) is 0 Å². The van der Waals surface area contributed by atoms with Gasteiger partial charge in [-0.05, 0) is 50.5 Å². The Morgan fingerprint density at radius 1 is 1.26 bits per heavy atom. The van der Waals surface area contributed by atoms with Crippen LogP contribution in [0.5, 0.6) is 0 Å². The first-order chi connectivity index (χ1) is 10.9. The van der Waals surface area contributed by atoms with Gasteiger partial charge in [-0.1, -0.05) is 0 Å². The van der Waals surface area contributed by atoms with Gasteiger partial charge in [-0.25, -0.2) is 8.42 Å². The van der Waals surface area contributed by atoms with Crippen LogP contribution in [0, 0.1) is 0 Å². The number of sulfone groups is 1. The molecule has 0 bridgehead atoms. The van der Waals surface area contributed by atoms with Crippen LogP contribution >= 0.6 is 0 Å². The monoisotopic (exact) mass is 339 g/mol. The lowest BCUT2D eigenvalue weighted by Crippen LogP contribution is -3.16. The normalized spacial score (nSPS) is 21.8. The van der Waals surface area contributed by atoms with E-state index >= 15 is 0 Å². The number of rotatable bonds is 6. The Kier molecular flexibility index (Phi) is 6.18. The SMILES string of the molecule is C[C@@H]1CCCC[NH+]1CCCNC(=O)c1ccc(S(C)(=O)=O)cc1. The molecule has 1 fully saturated rings. The first-order valence-electron chi connectivity index (χ1n) is 8.31. The Labute approximate surface area is 139 Å². The summed E-state index contributed by atoms with van der Waals surface area (Å²) in [6.07, 6.45) is 6.07. The van der Waals surface area contributed by atoms with E-state index in [1.54, 1.807) is 17.0 Å². The molecule has 2 N–H and O–H groups in total. The summed E-state index contributed by atoms with van der Waals surface area (Å²) in [5.74, 6) is -0.147. The van der Waals surface area contributed by atoms with E-state index in [-0.39, 0.29) is 10.8 Å². The molecular formula is C17H27N2O3S+. The highest BCUT2D eigenvalue weighted by Crippen LogP contribution is 2.10. The molecule has 0 aromatic heterocycles. The molecule has 2 atom stereocenters. The summed E-state index contributed by atoms with van der Waals surface area (Å²) < 4.78 is 22.8. The lowest BCUT2D eigenvalue weighted by Gasteiger charge is -2.30. The molecule has 23 heavy (non-hydrogen) atoms. The molecule has 1 aromatic carbocycles. The van der Waals surface area contributed by atoms with Crippen molar-refractivity contribution in [2.75, 3.05) is 25.9 Å². The van der Waals surface area contributed by atoms with Crippen LogP contribution in [0.25, 0.3) is 0 Å². The third kappa shape index (κ3) is 5.32. The summed E-state index contributed by atoms with van der Waals surface area (Å²) in [7, 11) is -3.22. The van der Waals surface area contributed by atoms with Crippen molar-refractivity contribution in [3.8, 4) is 0 Å². The van der Waals surface area contributed by atoms with Crippen molar-refractivity contribution in [3.63, 3.8) is 0 Å². The highest BCUT2D eigenvalue weighted by atomic mass is 32.2. The number of hydrogen-bond donors (Lipinski definition) is 2. The topological polar surface area (TPSA) is 67.7 Å². The van der Waals surface area contributed by atoms with E-state index < -0.39 is 9.84 Å². The number of quaternary nitrogens is 1. The van der Waals surface area contributed by atoms with Crippen LogP contribution in [0.4, 0.5) is 0 Å². The molecule has 1 aliphatic rings. The largest absolute Gasteiger partial charge is 0.352 e. The Balaban J connectivity index is 1.76. The van der Waals surface area contributed by atoms with Crippen LogP contribution in [-0.2, 0) is 9.84 Å². The van der Waals surface area contributed by atoms with Gasteiger partial charge in [0.1, 0.15) is 0 Å². The van der Waals surface area contributed by atoms with Crippen LogP contribution < -0.4 is 10.2 Å². The minimum Gasteiger partial charge on any atom is -0.352 e. The number of carbonyl (C=O) groups excluding carboxylic acids is 1. The molecule has 1 aromatic rings. The minimum absolute atomic E-state index is 0.147. The van der Waals surface area contributed by atoms with E-state index in [0.29, 0.717) is 12.1 Å². The molecule has 0 spiro atoms. The zero-order valence-corrected chi connectivity index (χ0v) is 14.8. The molecule has 1 saturated heterocycles. The fourth-order valence-electron chi connectivity index (χ4n) is 3.10. The van der Waals surface area contributed by atoms with E-state index in [2.05, 4.69) is 12.2 Å². The van der Waals surface area contributed by atoms with Crippen LogP contribution in [-0.4, -0.2) is 46.3 Å². The Morgan fingerprint density at radius 3 is 2.57 bits per heavy atom. The number of nitrogens with one attached hydrogen (secondary N) is 2. The number of carbonyl (C=O) groups is 1. The molecule has 0 aliphatic carbocycles. The highest BCUT2D eigenvalue weighted by molar-refractivity contribution is 7.90. The molecule has 0 saturated carbocycles. The van der Waals surface area contributed by atoms with Gasteiger partial charge in [0.2, 0.25) is 0 Å². The van der Waals surface area contributed by atoms with Gasteiger partial charge < -0.3 is 10.2 Å². The van der Waals surface area contributed by atoms with Crippen molar-refractivity contribution in [2.45, 2.75) is 43.5 Å². The first-order valence-corrected chi connectivity index (χ1v) is 10.2. The van der Waals surface area contributed by atoms with Crippen LogP contribution in [0.15, 0.2) is 29.2 Å². The molecule has 5 nitrogen and oxygen atoms in total. The number of amides is 1. The van der Waals surface area contributed by atoms with Gasteiger partial charge in [0.05, 0.1) is 24.0 Å². The summed E-state index contributed by atoms with van der Waals surface area (Å²) in [5.41, 5.74) is 0.496. The Bertz CT molecular complexity index is 626. The second-order valence-electron chi connectivity index (χ2n) is 6.46. The molecule has 128 valence electrons. The average molecular weight is 339 g/mol. The van der Waals surface area contributed by atoms with Crippen LogP contribution in [0.1, 0.15) is 43.0 Å². The minimum atomic E-state index is -3.22. The van der Waals surface area contributed by atoms with Crippen LogP contribution in [0.3, 0.4) is 0 Å². The van der Waals surface area contributed by atoms with Gasteiger partial charge in [-0.2, -0.15) is 0 Å². The van der Waals surface area contributed by atoms with Crippen molar-refractivity contribution < 1.29 is 18.1 Å². The fraction of sp³-hybridized carbons (Fsp3) is 0.588. The second-order valence-corrected chi connectivity index (χ2v) is 8.48. The van der Waals surface area contributed by atoms with Gasteiger partial charge in [-0.15, -0.1) is 0 Å². The van der Waals surface area contributed by atoms with Crippen molar-refractivity contribution in [1.29, 1.82) is 0 Å². The van der Waals surface area contributed by atoms with E-state index in [1.807, 2.05) is 0 Å². The predicted octanol–water partition coefficient (Wildman–Crippen LogP) is 0.667. The Morgan fingerprint density at radius 2 is 1.96 bits per heavy atom. The van der Waals surface area contributed by atoms with Crippen LogP contribution in [0.2, 0.25) is 0 Å². The summed E-state index contributed by atoms with van der Waals surface area (Å²) in [6, 6.07) is 6.80. The summed E-state index contributed by atoms with van der Waals surface area (Å²) >= 11 is 0. The van der Waals surface area contributed by atoms with Gasteiger partial charge >= 0.3 is 0 Å². The van der Waals surface area contributed by atoms with Crippen molar-refractivity contribution in [1.82, 2.24) is 5.32 Å². The maximum atomic E-state index is 12.1. The number of likely N-dealkylation sites (tertiary alicyclic amines) is 1. The number of hydrogen-bond acceptors (Lipinski definition) is 3. The maximum Gasteiger partial charge on any atom is 0.251 e. The molecule has 1 amide bonds. The zero-order chi connectivity index (χ0) is 16.9. The zero-order valence-electron chi connectivity index (χ0n) is 14.0. The Hall–Kier alpha value is -1.40. The predicted molar refractivity (Wildman–Crippen MR) is 90.5 cm³/mol. The van der Waals surface area contributed by atoms with E-state index in [9.17, 15) is 13.2 Å². The fourth-order valence-corrected chi connectivity index (χ4v) is 3.73. The third-order valence-corrected chi connectivity index (χ3v) is 5.72. The molecular weight excluding hydrogens is 312 g/mol.